The average Bonchev–Trinajstić information content (AvgIpc) is 3.48. The fraction of sp³-hybridized carbons (Fsp3) is 0.652. The first kappa shape index (κ1) is 22.3. The molecular formula is C23H33N3O4S. The maximum atomic E-state index is 12.8. The summed E-state index contributed by atoms with van der Waals surface area (Å²) in [4.78, 5) is 29.0. The first-order valence-electron chi connectivity index (χ1n) is 11.4. The van der Waals surface area contributed by atoms with Crippen LogP contribution in [0, 0.1) is 17.8 Å². The van der Waals surface area contributed by atoms with Crippen LogP contribution in [0.3, 0.4) is 0 Å². The molecule has 1 aromatic rings. The van der Waals surface area contributed by atoms with E-state index in [0.717, 1.165) is 43.6 Å². The number of anilines is 1. The summed E-state index contributed by atoms with van der Waals surface area (Å²) in [5.41, 5.74) is 1.71. The highest BCUT2D eigenvalue weighted by Crippen LogP contribution is 2.39. The highest BCUT2D eigenvalue weighted by atomic mass is 32.2. The van der Waals surface area contributed by atoms with E-state index in [0.29, 0.717) is 18.3 Å². The van der Waals surface area contributed by atoms with Crippen molar-refractivity contribution in [2.24, 2.45) is 17.8 Å². The van der Waals surface area contributed by atoms with E-state index in [-0.39, 0.29) is 41.6 Å². The van der Waals surface area contributed by atoms with E-state index in [4.69, 9.17) is 0 Å². The molecule has 31 heavy (non-hydrogen) atoms. The highest BCUT2D eigenvalue weighted by Gasteiger charge is 2.39. The molecule has 0 aromatic heterocycles. The van der Waals surface area contributed by atoms with Gasteiger partial charge in [0.2, 0.25) is 21.8 Å². The van der Waals surface area contributed by atoms with Gasteiger partial charge in [0.1, 0.15) is 0 Å². The van der Waals surface area contributed by atoms with Crippen LogP contribution in [0.2, 0.25) is 0 Å². The van der Waals surface area contributed by atoms with E-state index >= 15 is 0 Å². The highest BCUT2D eigenvalue weighted by molar-refractivity contribution is 7.89. The van der Waals surface area contributed by atoms with Crippen LogP contribution in [0.15, 0.2) is 23.1 Å². The monoisotopic (exact) mass is 447 g/mol. The van der Waals surface area contributed by atoms with Gasteiger partial charge in [-0.15, -0.1) is 0 Å². The Labute approximate surface area is 185 Å². The van der Waals surface area contributed by atoms with E-state index in [1.807, 2.05) is 16.7 Å². The number of rotatable bonds is 6. The molecule has 1 saturated heterocycles. The standard InChI is InChI=1S/C23H33N3O4S/c1-15-10-16(2)14-25(13-15)22(27)8-9-24-31(29,30)20-6-7-21-19(12-20)11-17(3)26(21)23(28)18-4-5-18/h6-7,12,15-18,24H,4-5,8-11,13-14H2,1-3H3/t15-,16-,17+/m1/s1. The lowest BCUT2D eigenvalue weighted by Gasteiger charge is -2.35. The van der Waals surface area contributed by atoms with Gasteiger partial charge in [0.25, 0.3) is 0 Å². The Balaban J connectivity index is 1.38. The third kappa shape index (κ3) is 4.80. The third-order valence-corrected chi connectivity index (χ3v) is 8.05. The van der Waals surface area contributed by atoms with Crippen LogP contribution in [-0.2, 0) is 26.0 Å². The number of piperidine rings is 1. The van der Waals surface area contributed by atoms with Gasteiger partial charge in [0.15, 0.2) is 0 Å². The molecule has 0 unspecified atom stereocenters. The summed E-state index contributed by atoms with van der Waals surface area (Å²) < 4.78 is 28.2. The molecule has 2 amide bonds. The van der Waals surface area contributed by atoms with Gasteiger partial charge >= 0.3 is 0 Å². The number of benzene rings is 1. The number of carbonyl (C=O) groups is 2. The number of likely N-dealkylation sites (tertiary alicyclic amines) is 1. The second-order valence-electron chi connectivity index (χ2n) is 9.72. The SMILES string of the molecule is C[C@@H]1C[C@@H](C)CN(C(=O)CCNS(=O)(=O)c2ccc3c(c2)C[C@H](C)N3C(=O)C2CC2)C1. The zero-order valence-corrected chi connectivity index (χ0v) is 19.5. The van der Waals surface area contributed by atoms with Gasteiger partial charge in [-0.3, -0.25) is 9.59 Å². The average molecular weight is 448 g/mol. The maximum absolute atomic E-state index is 12.8. The van der Waals surface area contributed by atoms with Crippen molar-refractivity contribution >= 4 is 27.5 Å². The number of fused-ring (bicyclic) bond motifs is 1. The zero-order chi connectivity index (χ0) is 22.3. The molecule has 4 rings (SSSR count). The molecule has 2 heterocycles. The Hall–Kier alpha value is -1.93. The molecule has 2 fully saturated rings. The van der Waals surface area contributed by atoms with Gasteiger partial charge in [-0.25, -0.2) is 13.1 Å². The van der Waals surface area contributed by atoms with E-state index in [2.05, 4.69) is 18.6 Å². The lowest BCUT2D eigenvalue weighted by atomic mass is 9.92. The van der Waals surface area contributed by atoms with Crippen molar-refractivity contribution < 1.29 is 18.0 Å². The topological polar surface area (TPSA) is 86.8 Å². The van der Waals surface area contributed by atoms with E-state index < -0.39 is 10.0 Å². The second-order valence-corrected chi connectivity index (χ2v) is 11.5. The molecule has 1 aliphatic carbocycles. The molecule has 170 valence electrons. The summed E-state index contributed by atoms with van der Waals surface area (Å²) in [6, 6.07) is 5.02. The van der Waals surface area contributed by atoms with Crippen LogP contribution in [-0.4, -0.2) is 50.8 Å². The normalized spacial score (nSPS) is 26.1. The minimum absolute atomic E-state index is 0.00175. The number of hydrogen-bond donors (Lipinski definition) is 1. The van der Waals surface area contributed by atoms with Gasteiger partial charge in [-0.05, 0) is 68.2 Å². The van der Waals surface area contributed by atoms with Crippen molar-refractivity contribution in [2.45, 2.75) is 63.8 Å². The molecule has 0 radical (unpaired) electrons. The molecule has 0 bridgehead atoms. The third-order valence-electron chi connectivity index (χ3n) is 6.59. The summed E-state index contributed by atoms with van der Waals surface area (Å²) >= 11 is 0. The van der Waals surface area contributed by atoms with Crippen LogP contribution < -0.4 is 9.62 Å². The van der Waals surface area contributed by atoms with Crippen LogP contribution in [0.25, 0.3) is 0 Å². The van der Waals surface area contributed by atoms with Gasteiger partial charge in [0.05, 0.1) is 4.90 Å². The molecule has 2 aliphatic heterocycles. The van der Waals surface area contributed by atoms with Crippen molar-refractivity contribution in [2.75, 3.05) is 24.5 Å². The van der Waals surface area contributed by atoms with Crippen LogP contribution in [0.1, 0.15) is 52.0 Å². The van der Waals surface area contributed by atoms with Gasteiger partial charge in [0, 0.05) is 43.7 Å². The Morgan fingerprint density at radius 1 is 1.10 bits per heavy atom. The van der Waals surface area contributed by atoms with Crippen LogP contribution in [0.4, 0.5) is 5.69 Å². The fourth-order valence-electron chi connectivity index (χ4n) is 5.04. The molecule has 8 heteroatoms. The smallest absolute Gasteiger partial charge is 0.240 e. The molecular weight excluding hydrogens is 414 g/mol. The Bertz CT molecular complexity index is 963. The summed E-state index contributed by atoms with van der Waals surface area (Å²) in [5.74, 6) is 1.23. The van der Waals surface area contributed by atoms with Crippen molar-refractivity contribution in [1.29, 1.82) is 0 Å². The first-order chi connectivity index (χ1) is 14.7. The summed E-state index contributed by atoms with van der Waals surface area (Å²) in [6.45, 7) is 7.87. The van der Waals surface area contributed by atoms with E-state index in [1.54, 1.807) is 18.2 Å². The molecule has 3 aliphatic rings. The molecule has 1 aromatic carbocycles. The predicted molar refractivity (Wildman–Crippen MR) is 119 cm³/mol. The Kier molecular flexibility index (Phi) is 6.14. The summed E-state index contributed by atoms with van der Waals surface area (Å²) in [6.07, 6.45) is 3.83. The predicted octanol–water partition coefficient (Wildman–Crippen LogP) is 2.55. The maximum Gasteiger partial charge on any atom is 0.240 e. The number of carbonyl (C=O) groups excluding carboxylic acids is 2. The van der Waals surface area contributed by atoms with Gasteiger partial charge < -0.3 is 9.80 Å². The van der Waals surface area contributed by atoms with Gasteiger partial charge in [-0.2, -0.15) is 0 Å². The van der Waals surface area contributed by atoms with E-state index in [9.17, 15) is 18.0 Å². The minimum Gasteiger partial charge on any atom is -0.342 e. The van der Waals surface area contributed by atoms with Gasteiger partial charge in [-0.1, -0.05) is 13.8 Å². The molecule has 7 nitrogen and oxygen atoms in total. The Morgan fingerprint density at radius 3 is 2.42 bits per heavy atom. The number of hydrogen-bond acceptors (Lipinski definition) is 4. The van der Waals surface area contributed by atoms with Crippen LogP contribution >= 0.6 is 0 Å². The number of sulfonamides is 1. The molecule has 1 N–H and O–H groups in total. The lowest BCUT2D eigenvalue weighted by Crippen LogP contribution is -2.43. The first-order valence-corrected chi connectivity index (χ1v) is 12.9. The lowest BCUT2D eigenvalue weighted by molar-refractivity contribution is -0.133. The van der Waals surface area contributed by atoms with Crippen molar-refractivity contribution in [3.63, 3.8) is 0 Å². The molecule has 1 saturated carbocycles. The molecule has 0 spiro atoms. The second kappa shape index (κ2) is 8.54. The number of amides is 2. The number of nitrogens with one attached hydrogen (secondary N) is 1. The molecule has 3 atom stereocenters. The summed E-state index contributed by atoms with van der Waals surface area (Å²) in [5, 5.41) is 0. The quantitative estimate of drug-likeness (QED) is 0.726. The Morgan fingerprint density at radius 2 is 1.77 bits per heavy atom. The minimum atomic E-state index is -3.71. The zero-order valence-electron chi connectivity index (χ0n) is 18.6. The van der Waals surface area contributed by atoms with Crippen LogP contribution in [0.5, 0.6) is 0 Å². The fourth-order valence-corrected chi connectivity index (χ4v) is 6.12. The van der Waals surface area contributed by atoms with E-state index in [1.165, 1.54) is 0 Å². The number of nitrogens with zero attached hydrogens (tertiary/aromatic N) is 2. The van der Waals surface area contributed by atoms with Crippen molar-refractivity contribution in [3.8, 4) is 0 Å². The van der Waals surface area contributed by atoms with Crippen molar-refractivity contribution in [3.05, 3.63) is 23.8 Å². The summed E-state index contributed by atoms with van der Waals surface area (Å²) in [7, 11) is -3.71. The largest absolute Gasteiger partial charge is 0.342 e. The van der Waals surface area contributed by atoms with Crippen molar-refractivity contribution in [1.82, 2.24) is 9.62 Å².